The van der Waals surface area contributed by atoms with Crippen LogP contribution in [0, 0.1) is 0 Å². The van der Waals surface area contributed by atoms with Gasteiger partial charge in [0.05, 0.1) is 16.7 Å². The van der Waals surface area contributed by atoms with Crippen molar-refractivity contribution in [3.05, 3.63) is 194 Å². The highest BCUT2D eigenvalue weighted by Crippen LogP contribution is 2.48. The van der Waals surface area contributed by atoms with Gasteiger partial charge in [0.15, 0.2) is 0 Å². The van der Waals surface area contributed by atoms with Gasteiger partial charge in [-0.05, 0) is 89.4 Å². The molecule has 0 atom stereocenters. The summed E-state index contributed by atoms with van der Waals surface area (Å²) in [4.78, 5) is 2.47. The van der Waals surface area contributed by atoms with Crippen molar-refractivity contribution in [2.24, 2.45) is 0 Å². The number of hydrogen-bond donors (Lipinski definition) is 0. The second kappa shape index (κ2) is 13.2. The first kappa shape index (κ1) is 33.1. The average Bonchev–Trinajstić information content (AvgIpc) is 4.04. The van der Waals surface area contributed by atoms with E-state index in [9.17, 15) is 0 Å². The molecule has 2 aromatic heterocycles. The second-order valence-electron chi connectivity index (χ2n) is 15.9. The Morgan fingerprint density at radius 3 is 2.03 bits per heavy atom. The average molecular weight is 745 g/mol. The summed E-state index contributed by atoms with van der Waals surface area (Å²) >= 11 is 0. The van der Waals surface area contributed by atoms with Crippen LogP contribution in [0.5, 0.6) is 0 Å². The van der Waals surface area contributed by atoms with Crippen LogP contribution < -0.4 is 4.90 Å². The molecule has 3 nitrogen and oxygen atoms in total. The zero-order valence-electron chi connectivity index (χ0n) is 32.1. The molecule has 276 valence electrons. The Balaban J connectivity index is 1.16. The van der Waals surface area contributed by atoms with Crippen LogP contribution in [-0.4, -0.2) is 4.57 Å². The molecule has 11 aromatic rings. The van der Waals surface area contributed by atoms with Crippen LogP contribution >= 0.6 is 0 Å². The number of nitrogens with zero attached hydrogens (tertiary/aromatic N) is 2. The van der Waals surface area contributed by atoms with E-state index in [1.165, 1.54) is 85.7 Å². The van der Waals surface area contributed by atoms with Gasteiger partial charge >= 0.3 is 0 Å². The lowest BCUT2D eigenvalue weighted by molar-refractivity contribution is 0.670. The summed E-state index contributed by atoms with van der Waals surface area (Å²) in [6.45, 7) is 0. The predicted molar refractivity (Wildman–Crippen MR) is 244 cm³/mol. The molecule has 0 bridgehead atoms. The molecule has 1 fully saturated rings. The van der Waals surface area contributed by atoms with Crippen LogP contribution in [0.2, 0.25) is 0 Å². The molecule has 2 heterocycles. The van der Waals surface area contributed by atoms with Crippen LogP contribution in [0.15, 0.2) is 192 Å². The topological polar surface area (TPSA) is 21.3 Å². The zero-order valence-corrected chi connectivity index (χ0v) is 32.1. The van der Waals surface area contributed by atoms with E-state index in [2.05, 4.69) is 198 Å². The Morgan fingerprint density at radius 1 is 0.483 bits per heavy atom. The van der Waals surface area contributed by atoms with E-state index >= 15 is 0 Å². The summed E-state index contributed by atoms with van der Waals surface area (Å²) in [6.07, 6.45) is 5.04. The van der Waals surface area contributed by atoms with Crippen molar-refractivity contribution in [2.45, 2.75) is 31.6 Å². The summed E-state index contributed by atoms with van der Waals surface area (Å²) < 4.78 is 9.32. The molecule has 1 aliphatic rings. The third-order valence-corrected chi connectivity index (χ3v) is 12.7. The van der Waals surface area contributed by atoms with Crippen LogP contribution in [-0.2, 0) is 0 Å². The van der Waals surface area contributed by atoms with Crippen molar-refractivity contribution in [3.8, 4) is 16.8 Å². The van der Waals surface area contributed by atoms with E-state index in [0.29, 0.717) is 5.92 Å². The first-order valence-corrected chi connectivity index (χ1v) is 20.6. The Kier molecular flexibility index (Phi) is 7.56. The lowest BCUT2D eigenvalue weighted by atomic mass is 9.92. The minimum Gasteiger partial charge on any atom is -0.455 e. The minimum atomic E-state index is 0.553. The van der Waals surface area contributed by atoms with Crippen molar-refractivity contribution >= 4 is 82.4 Å². The standard InChI is InChI=1S/C55H40N2O/c1-2-15-36(16-3-1)39-20-12-21-40(33-39)56(51-35-49-53-43(37-17-4-5-18-37)28-14-30-52(53)58-55(49)48-27-9-8-26-46(48)51)41-22-13-23-42(34-41)57-50-29-11-10-25-45(50)47-32-31-38-19-6-7-24-44(38)54(47)57/h1-3,6-16,19-35,37H,4-5,17-18H2. The molecule has 3 heteroatoms. The van der Waals surface area contributed by atoms with Crippen LogP contribution in [0.1, 0.15) is 37.2 Å². The van der Waals surface area contributed by atoms with Gasteiger partial charge in [0.2, 0.25) is 0 Å². The summed E-state index contributed by atoms with van der Waals surface area (Å²) in [6, 6.07) is 68.8. The summed E-state index contributed by atoms with van der Waals surface area (Å²) in [5, 5.41) is 9.71. The van der Waals surface area contributed by atoms with E-state index in [4.69, 9.17) is 4.42 Å². The first-order valence-electron chi connectivity index (χ1n) is 20.6. The molecule has 58 heavy (non-hydrogen) atoms. The van der Waals surface area contributed by atoms with E-state index < -0.39 is 0 Å². The van der Waals surface area contributed by atoms with Crippen molar-refractivity contribution in [2.75, 3.05) is 4.90 Å². The SMILES string of the molecule is c1ccc(-c2cccc(N(c3cccc(-n4c5ccccc5c5ccc6ccccc6c54)c3)c3cc4c(oc5cccc(C6CCCC6)c54)c4ccccc34)c2)cc1. The summed E-state index contributed by atoms with van der Waals surface area (Å²) in [7, 11) is 0. The van der Waals surface area contributed by atoms with Crippen molar-refractivity contribution < 1.29 is 4.42 Å². The lowest BCUT2D eigenvalue weighted by Crippen LogP contribution is -2.11. The van der Waals surface area contributed by atoms with E-state index in [0.717, 1.165) is 44.7 Å². The molecule has 0 saturated heterocycles. The van der Waals surface area contributed by atoms with E-state index in [1.807, 2.05) is 0 Å². The van der Waals surface area contributed by atoms with Gasteiger partial charge in [-0.3, -0.25) is 0 Å². The maximum atomic E-state index is 6.85. The van der Waals surface area contributed by atoms with E-state index in [-0.39, 0.29) is 0 Å². The monoisotopic (exact) mass is 744 g/mol. The maximum absolute atomic E-state index is 6.85. The van der Waals surface area contributed by atoms with Gasteiger partial charge in [0.1, 0.15) is 11.2 Å². The molecule has 0 unspecified atom stereocenters. The van der Waals surface area contributed by atoms with E-state index in [1.54, 1.807) is 0 Å². The fourth-order valence-electron chi connectivity index (χ4n) is 10.1. The summed E-state index contributed by atoms with van der Waals surface area (Å²) in [5.41, 5.74) is 12.6. The molecule has 0 N–H and O–H groups in total. The van der Waals surface area contributed by atoms with Crippen molar-refractivity contribution in [3.63, 3.8) is 0 Å². The second-order valence-corrected chi connectivity index (χ2v) is 15.9. The van der Waals surface area contributed by atoms with Gasteiger partial charge in [0.25, 0.3) is 0 Å². The third kappa shape index (κ3) is 5.13. The van der Waals surface area contributed by atoms with Crippen LogP contribution in [0.3, 0.4) is 0 Å². The fourth-order valence-corrected chi connectivity index (χ4v) is 10.1. The molecule has 1 aliphatic carbocycles. The minimum absolute atomic E-state index is 0.553. The number of rotatable bonds is 6. The molecule has 1 saturated carbocycles. The molecule has 12 rings (SSSR count). The first-order chi connectivity index (χ1) is 28.8. The third-order valence-electron chi connectivity index (χ3n) is 12.7. The Hall–Kier alpha value is -7.10. The molecular formula is C55H40N2O. The van der Waals surface area contributed by atoms with Gasteiger partial charge in [-0.25, -0.2) is 0 Å². The molecule has 0 spiro atoms. The summed E-state index contributed by atoms with van der Waals surface area (Å²) in [5.74, 6) is 0.553. The van der Waals surface area contributed by atoms with Crippen LogP contribution in [0.25, 0.3) is 82.1 Å². The highest BCUT2D eigenvalue weighted by Gasteiger charge is 2.26. The molecular weight excluding hydrogens is 705 g/mol. The Labute approximate surface area is 337 Å². The quantitative estimate of drug-likeness (QED) is 0.169. The van der Waals surface area contributed by atoms with Gasteiger partial charge in [0, 0.05) is 54.8 Å². The number of para-hydroxylation sites is 1. The molecule has 9 aromatic carbocycles. The molecule has 0 amide bonds. The zero-order chi connectivity index (χ0) is 38.2. The van der Waals surface area contributed by atoms with Gasteiger partial charge < -0.3 is 13.9 Å². The highest BCUT2D eigenvalue weighted by atomic mass is 16.3. The van der Waals surface area contributed by atoms with Crippen molar-refractivity contribution in [1.29, 1.82) is 0 Å². The van der Waals surface area contributed by atoms with Gasteiger partial charge in [-0.1, -0.05) is 152 Å². The highest BCUT2D eigenvalue weighted by molar-refractivity contribution is 6.21. The van der Waals surface area contributed by atoms with Gasteiger partial charge in [-0.15, -0.1) is 0 Å². The van der Waals surface area contributed by atoms with Crippen molar-refractivity contribution in [1.82, 2.24) is 4.57 Å². The smallest absolute Gasteiger partial charge is 0.143 e. The lowest BCUT2D eigenvalue weighted by Gasteiger charge is -2.28. The molecule has 0 radical (unpaired) electrons. The maximum Gasteiger partial charge on any atom is 0.143 e. The Morgan fingerprint density at radius 2 is 1.17 bits per heavy atom. The fraction of sp³-hybridized carbons (Fsp3) is 0.0909. The number of furan rings is 1. The number of anilines is 3. The number of hydrogen-bond acceptors (Lipinski definition) is 2. The number of aromatic nitrogens is 1. The number of benzene rings is 9. The normalized spacial score (nSPS) is 13.5. The predicted octanol–water partition coefficient (Wildman–Crippen LogP) is 15.8. The molecule has 0 aliphatic heterocycles. The number of fused-ring (bicyclic) bond motifs is 10. The Bertz CT molecular complexity index is 3360. The largest absolute Gasteiger partial charge is 0.455 e. The van der Waals surface area contributed by atoms with Gasteiger partial charge in [-0.2, -0.15) is 0 Å². The van der Waals surface area contributed by atoms with Crippen LogP contribution in [0.4, 0.5) is 17.1 Å².